The summed E-state index contributed by atoms with van der Waals surface area (Å²) in [6.07, 6.45) is -1.62. The molecule has 3 aromatic rings. The summed E-state index contributed by atoms with van der Waals surface area (Å²) in [6.45, 7) is 1.37. The Kier molecular flexibility index (Phi) is 8.31. The van der Waals surface area contributed by atoms with Crippen LogP contribution in [0.25, 0.3) is 10.9 Å². The molecule has 1 aromatic carbocycles. The second-order valence-corrected chi connectivity index (χ2v) is 10.9. The molecule has 5 rings (SSSR count). The average Bonchev–Trinajstić information content (AvgIpc) is 2.93. The monoisotopic (exact) mass is 597 g/mol. The maximum atomic E-state index is 13.8. The third-order valence-electron chi connectivity index (χ3n) is 7.55. The number of fused-ring (bicyclic) bond motifs is 1. The molecular weight excluding hydrogens is 569 g/mol. The van der Waals surface area contributed by atoms with Gasteiger partial charge in [0.2, 0.25) is 5.82 Å². The number of aromatic nitrogens is 3. The van der Waals surface area contributed by atoms with Crippen LogP contribution in [0.2, 0.25) is 5.02 Å². The van der Waals surface area contributed by atoms with E-state index in [0.717, 1.165) is 37.6 Å². The second kappa shape index (κ2) is 11.6. The molecule has 220 valence electrons. The van der Waals surface area contributed by atoms with Crippen molar-refractivity contribution in [2.75, 3.05) is 37.6 Å². The van der Waals surface area contributed by atoms with Crippen LogP contribution in [0.5, 0.6) is 0 Å². The van der Waals surface area contributed by atoms with Crippen molar-refractivity contribution >= 4 is 34.2 Å². The molecular formula is C27H29ClF5N7O. The first kappa shape index (κ1) is 29.3. The Morgan fingerprint density at radius 2 is 1.83 bits per heavy atom. The fourth-order valence-electron chi connectivity index (χ4n) is 5.35. The molecule has 0 bridgehead atoms. The number of carbonyl (C=O) groups is 1. The summed E-state index contributed by atoms with van der Waals surface area (Å²) in [5, 5.41) is 3.50. The number of nitrogens with one attached hydrogen (secondary N) is 1. The molecule has 8 nitrogen and oxygen atoms in total. The summed E-state index contributed by atoms with van der Waals surface area (Å²) in [7, 11) is 0. The van der Waals surface area contributed by atoms with E-state index >= 15 is 0 Å². The number of carbonyl (C=O) groups excluding carboxylic acids is 1. The molecule has 4 heterocycles. The van der Waals surface area contributed by atoms with Gasteiger partial charge in [-0.1, -0.05) is 11.6 Å². The van der Waals surface area contributed by atoms with E-state index in [-0.39, 0.29) is 41.8 Å². The van der Waals surface area contributed by atoms with E-state index < -0.39 is 42.7 Å². The van der Waals surface area contributed by atoms with E-state index in [9.17, 15) is 26.7 Å². The highest BCUT2D eigenvalue weighted by Crippen LogP contribution is 2.33. The van der Waals surface area contributed by atoms with Crippen molar-refractivity contribution in [1.82, 2.24) is 25.2 Å². The number of anilines is 1. The summed E-state index contributed by atoms with van der Waals surface area (Å²) in [6, 6.07) is 6.20. The number of nitrogens with zero attached hydrogens (tertiary/aromatic N) is 5. The molecule has 0 aliphatic carbocycles. The molecule has 2 unspecified atom stereocenters. The van der Waals surface area contributed by atoms with Crippen molar-refractivity contribution in [3.63, 3.8) is 0 Å². The number of pyridine rings is 1. The van der Waals surface area contributed by atoms with Gasteiger partial charge in [-0.05, 0) is 37.1 Å². The van der Waals surface area contributed by atoms with Crippen LogP contribution in [0, 0.1) is 0 Å². The number of benzene rings is 1. The van der Waals surface area contributed by atoms with Crippen LogP contribution in [-0.4, -0.2) is 70.4 Å². The SMILES string of the molecule is NC1CCCN(c2ccc3c(C(=O)NCC(c4cnc(C(F)(F)F)nc4)N4CCC(F)(F)CC4)c(Cl)ccc3n2)C1. The zero-order valence-electron chi connectivity index (χ0n) is 22.0. The molecule has 0 saturated carbocycles. The van der Waals surface area contributed by atoms with Crippen LogP contribution >= 0.6 is 11.6 Å². The maximum absolute atomic E-state index is 13.8. The lowest BCUT2D eigenvalue weighted by atomic mass is 10.0. The fourth-order valence-corrected chi connectivity index (χ4v) is 5.60. The van der Waals surface area contributed by atoms with Gasteiger partial charge in [-0.2, -0.15) is 13.2 Å². The zero-order valence-corrected chi connectivity index (χ0v) is 22.7. The molecule has 2 fully saturated rings. The van der Waals surface area contributed by atoms with E-state index in [1.165, 1.54) is 0 Å². The molecule has 2 atom stereocenters. The first-order chi connectivity index (χ1) is 19.4. The summed E-state index contributed by atoms with van der Waals surface area (Å²) >= 11 is 6.44. The van der Waals surface area contributed by atoms with Gasteiger partial charge in [-0.15, -0.1) is 0 Å². The van der Waals surface area contributed by atoms with Gasteiger partial charge in [0.05, 0.1) is 22.1 Å². The minimum atomic E-state index is -4.73. The van der Waals surface area contributed by atoms with Gasteiger partial charge in [0.15, 0.2) is 0 Å². The lowest BCUT2D eigenvalue weighted by Crippen LogP contribution is -2.45. The van der Waals surface area contributed by atoms with Crippen LogP contribution in [0.3, 0.4) is 0 Å². The highest BCUT2D eigenvalue weighted by atomic mass is 35.5. The lowest BCUT2D eigenvalue weighted by Gasteiger charge is -2.37. The molecule has 3 N–H and O–H groups in total. The van der Waals surface area contributed by atoms with Crippen molar-refractivity contribution in [2.45, 2.75) is 49.9 Å². The fraction of sp³-hybridized carbons (Fsp3) is 0.481. The minimum Gasteiger partial charge on any atom is -0.355 e. The number of amides is 1. The molecule has 2 saturated heterocycles. The van der Waals surface area contributed by atoms with Crippen LogP contribution < -0.4 is 16.0 Å². The first-order valence-corrected chi connectivity index (χ1v) is 13.7. The Bertz CT molecular complexity index is 1400. The Hall–Kier alpha value is -3.16. The predicted octanol–water partition coefficient (Wildman–Crippen LogP) is 4.83. The van der Waals surface area contributed by atoms with Gasteiger partial charge in [-0.3, -0.25) is 9.69 Å². The van der Waals surface area contributed by atoms with E-state index in [1.807, 2.05) is 6.07 Å². The second-order valence-electron chi connectivity index (χ2n) is 10.5. The van der Waals surface area contributed by atoms with Crippen LogP contribution in [0.1, 0.15) is 53.5 Å². The van der Waals surface area contributed by atoms with Gasteiger partial charge in [0, 0.05) is 75.0 Å². The molecule has 2 aromatic heterocycles. The number of likely N-dealkylation sites (tertiary alicyclic amines) is 1. The average molecular weight is 598 g/mol. The van der Waals surface area contributed by atoms with Gasteiger partial charge in [-0.25, -0.2) is 23.7 Å². The summed E-state index contributed by atoms with van der Waals surface area (Å²) in [5.41, 5.74) is 7.12. The molecule has 2 aliphatic rings. The maximum Gasteiger partial charge on any atom is 0.451 e. The smallest absolute Gasteiger partial charge is 0.355 e. The number of alkyl halides is 5. The minimum absolute atomic E-state index is 0.0174. The standard InChI is InChI=1S/C27H29ClF5N7O/c28-19-4-5-20-18(3-6-22(38-20)40-9-1-2-17(34)15-40)23(19)24(41)35-14-21(39-10-7-26(29,30)8-11-39)16-12-36-25(37-13-16)27(31,32)33/h3-6,12-13,17,21H,1-2,7-11,14-15,34H2,(H,35,41). The molecule has 1 amide bonds. The Morgan fingerprint density at radius 3 is 2.49 bits per heavy atom. The highest BCUT2D eigenvalue weighted by Gasteiger charge is 2.38. The van der Waals surface area contributed by atoms with Crippen LogP contribution in [-0.2, 0) is 6.18 Å². The van der Waals surface area contributed by atoms with Gasteiger partial charge in [0.1, 0.15) is 5.82 Å². The number of hydrogen-bond acceptors (Lipinski definition) is 7. The third kappa shape index (κ3) is 6.68. The number of hydrogen-bond donors (Lipinski definition) is 2. The number of halogens is 6. The van der Waals surface area contributed by atoms with Gasteiger partial charge in [0.25, 0.3) is 11.8 Å². The number of rotatable bonds is 6. The van der Waals surface area contributed by atoms with Crippen molar-refractivity contribution in [2.24, 2.45) is 5.73 Å². The topological polar surface area (TPSA) is 100 Å². The Labute approximate surface area is 238 Å². The normalized spacial score (nSPS) is 20.7. The van der Waals surface area contributed by atoms with Crippen molar-refractivity contribution in [3.05, 3.63) is 58.6 Å². The summed E-state index contributed by atoms with van der Waals surface area (Å²) in [4.78, 5) is 28.8. The van der Waals surface area contributed by atoms with E-state index in [2.05, 4.69) is 20.2 Å². The molecule has 0 radical (unpaired) electrons. The van der Waals surface area contributed by atoms with Crippen LogP contribution in [0.4, 0.5) is 27.8 Å². The van der Waals surface area contributed by atoms with Crippen molar-refractivity contribution in [1.29, 1.82) is 0 Å². The first-order valence-electron chi connectivity index (χ1n) is 13.3. The van der Waals surface area contributed by atoms with E-state index in [1.54, 1.807) is 23.1 Å². The van der Waals surface area contributed by atoms with Crippen LogP contribution in [0.15, 0.2) is 36.7 Å². The predicted molar refractivity (Wildman–Crippen MR) is 144 cm³/mol. The van der Waals surface area contributed by atoms with Crippen molar-refractivity contribution < 1.29 is 26.7 Å². The van der Waals surface area contributed by atoms with Gasteiger partial charge >= 0.3 is 6.18 Å². The molecule has 14 heteroatoms. The molecule has 41 heavy (non-hydrogen) atoms. The molecule has 2 aliphatic heterocycles. The lowest BCUT2D eigenvalue weighted by molar-refractivity contribution is -0.145. The summed E-state index contributed by atoms with van der Waals surface area (Å²) < 4.78 is 66.7. The Balaban J connectivity index is 1.38. The summed E-state index contributed by atoms with van der Waals surface area (Å²) in [5.74, 6) is -3.93. The Morgan fingerprint density at radius 1 is 1.12 bits per heavy atom. The number of nitrogens with two attached hydrogens (primary N) is 1. The van der Waals surface area contributed by atoms with Gasteiger partial charge < -0.3 is 16.0 Å². The largest absolute Gasteiger partial charge is 0.451 e. The van der Waals surface area contributed by atoms with Crippen molar-refractivity contribution in [3.8, 4) is 0 Å². The third-order valence-corrected chi connectivity index (χ3v) is 7.87. The molecule has 0 spiro atoms. The van der Waals surface area contributed by atoms with E-state index in [0.29, 0.717) is 17.4 Å². The number of piperidine rings is 2. The highest BCUT2D eigenvalue weighted by molar-refractivity contribution is 6.35. The quantitative estimate of drug-likeness (QED) is 0.393. The zero-order chi connectivity index (χ0) is 29.4. The van der Waals surface area contributed by atoms with E-state index in [4.69, 9.17) is 22.3 Å².